The molecule has 2 aliphatic rings. The van der Waals surface area contributed by atoms with Gasteiger partial charge in [0.2, 0.25) is 0 Å². The average Bonchev–Trinajstić information content (AvgIpc) is 3.50. The molecule has 0 radical (unpaired) electrons. The predicted octanol–water partition coefficient (Wildman–Crippen LogP) is 3.39. The van der Waals surface area contributed by atoms with E-state index in [1.807, 2.05) is 12.4 Å². The highest BCUT2D eigenvalue weighted by Gasteiger charge is 2.50. The van der Waals surface area contributed by atoms with Gasteiger partial charge in [0.15, 0.2) is 17.1 Å². The third kappa shape index (κ3) is 3.97. The molecule has 9 heteroatoms. The largest absolute Gasteiger partial charge is 0.360 e. The molecule has 31 heavy (non-hydrogen) atoms. The highest BCUT2D eigenvalue weighted by molar-refractivity contribution is 8.32. The molecule has 0 aromatic carbocycles. The van der Waals surface area contributed by atoms with E-state index in [1.54, 1.807) is 0 Å². The van der Waals surface area contributed by atoms with Gasteiger partial charge in [0.1, 0.15) is 12.6 Å². The van der Waals surface area contributed by atoms with Gasteiger partial charge >= 0.3 is 0 Å². The highest BCUT2D eigenvalue weighted by atomic mass is 32.3. The van der Waals surface area contributed by atoms with Crippen molar-refractivity contribution in [2.75, 3.05) is 44.3 Å². The van der Waals surface area contributed by atoms with Crippen molar-refractivity contribution in [1.29, 1.82) is 0 Å². The standard InChI is InChI=1S/C22H33N5O3S/c1-5-16-12-22(29-8-9-30-22)13-17(16)20-25-24-19-14-23-21-18(27(19)20)6-7-26(21)15-28-10-11-31(2,3)4/h6-7,14,16-17H,5,8-13,15H2,1-4H3. The van der Waals surface area contributed by atoms with Crippen molar-refractivity contribution >= 4 is 26.8 Å². The van der Waals surface area contributed by atoms with Gasteiger partial charge in [-0.1, -0.05) is 13.3 Å². The van der Waals surface area contributed by atoms with Crippen molar-refractivity contribution in [3.63, 3.8) is 0 Å². The first-order chi connectivity index (χ1) is 14.9. The van der Waals surface area contributed by atoms with E-state index < -0.39 is 15.8 Å². The molecule has 3 aromatic rings. The zero-order valence-corrected chi connectivity index (χ0v) is 19.7. The molecule has 2 fully saturated rings. The van der Waals surface area contributed by atoms with Gasteiger partial charge in [0.25, 0.3) is 0 Å². The molecule has 1 saturated carbocycles. The van der Waals surface area contributed by atoms with Gasteiger partial charge in [-0.3, -0.25) is 4.40 Å². The topological polar surface area (TPSA) is 75.7 Å². The Labute approximate surface area is 184 Å². The lowest BCUT2D eigenvalue weighted by molar-refractivity contribution is -0.153. The Morgan fingerprint density at radius 1 is 1.19 bits per heavy atom. The predicted molar refractivity (Wildman–Crippen MR) is 123 cm³/mol. The average molecular weight is 448 g/mol. The highest BCUT2D eigenvalue weighted by Crippen LogP contribution is 2.50. The smallest absolute Gasteiger partial charge is 0.179 e. The molecule has 2 unspecified atom stereocenters. The van der Waals surface area contributed by atoms with Crippen LogP contribution in [0.25, 0.3) is 16.8 Å². The molecule has 1 spiro atoms. The van der Waals surface area contributed by atoms with E-state index in [9.17, 15) is 0 Å². The maximum absolute atomic E-state index is 6.03. The Morgan fingerprint density at radius 3 is 2.74 bits per heavy atom. The summed E-state index contributed by atoms with van der Waals surface area (Å²) in [5.41, 5.74) is 2.69. The van der Waals surface area contributed by atoms with E-state index in [0.717, 1.165) is 54.3 Å². The van der Waals surface area contributed by atoms with Crippen molar-refractivity contribution < 1.29 is 14.2 Å². The number of hydrogen-bond acceptors (Lipinski definition) is 6. The molecule has 5 rings (SSSR count). The lowest BCUT2D eigenvalue weighted by Crippen LogP contribution is -2.26. The molecule has 4 heterocycles. The zero-order valence-electron chi connectivity index (χ0n) is 18.9. The quantitative estimate of drug-likeness (QED) is 0.517. The van der Waals surface area contributed by atoms with Crippen LogP contribution in [0.2, 0.25) is 0 Å². The number of nitrogens with zero attached hydrogens (tertiary/aromatic N) is 5. The number of fused-ring (bicyclic) bond motifs is 3. The Balaban J connectivity index is 1.44. The fourth-order valence-electron chi connectivity index (χ4n) is 4.93. The van der Waals surface area contributed by atoms with Gasteiger partial charge in [-0.2, -0.15) is 0 Å². The van der Waals surface area contributed by atoms with Gasteiger partial charge < -0.3 is 18.8 Å². The van der Waals surface area contributed by atoms with Gasteiger partial charge in [0, 0.05) is 30.7 Å². The summed E-state index contributed by atoms with van der Waals surface area (Å²) in [6, 6.07) is 2.09. The molecule has 1 saturated heterocycles. The number of ether oxygens (including phenoxy) is 3. The van der Waals surface area contributed by atoms with Gasteiger partial charge in [-0.25, -0.2) is 15.0 Å². The molecule has 0 N–H and O–H groups in total. The number of aromatic nitrogens is 5. The summed E-state index contributed by atoms with van der Waals surface area (Å²) < 4.78 is 22.2. The molecule has 3 aromatic heterocycles. The Bertz CT molecular complexity index is 1070. The first kappa shape index (κ1) is 21.2. The molecule has 8 nitrogen and oxygen atoms in total. The first-order valence-corrected chi connectivity index (χ1v) is 14.1. The third-order valence-electron chi connectivity index (χ3n) is 6.58. The van der Waals surface area contributed by atoms with Crippen LogP contribution in [0.3, 0.4) is 0 Å². The molecule has 1 aliphatic carbocycles. The van der Waals surface area contributed by atoms with Crippen LogP contribution in [0.5, 0.6) is 0 Å². The minimum Gasteiger partial charge on any atom is -0.360 e. The van der Waals surface area contributed by atoms with E-state index in [1.165, 1.54) is 0 Å². The summed E-state index contributed by atoms with van der Waals surface area (Å²) in [4.78, 5) is 4.66. The molecule has 2 atom stereocenters. The van der Waals surface area contributed by atoms with E-state index in [4.69, 9.17) is 14.2 Å². The van der Waals surface area contributed by atoms with E-state index in [2.05, 4.69) is 55.9 Å². The van der Waals surface area contributed by atoms with Crippen molar-refractivity contribution in [3.8, 4) is 0 Å². The molecule has 170 valence electrons. The zero-order chi connectivity index (χ0) is 21.6. The van der Waals surface area contributed by atoms with E-state index >= 15 is 0 Å². The fourth-order valence-corrected chi connectivity index (χ4v) is 5.55. The Morgan fingerprint density at radius 2 is 2.00 bits per heavy atom. The van der Waals surface area contributed by atoms with Crippen molar-refractivity contribution in [2.45, 2.75) is 44.6 Å². The van der Waals surface area contributed by atoms with Crippen LogP contribution in [0.1, 0.15) is 37.9 Å². The van der Waals surface area contributed by atoms with Crippen LogP contribution < -0.4 is 0 Å². The summed E-state index contributed by atoms with van der Waals surface area (Å²) in [6.07, 6.45) is 13.6. The van der Waals surface area contributed by atoms with Crippen LogP contribution >= 0.6 is 10.0 Å². The van der Waals surface area contributed by atoms with Crippen LogP contribution in [0, 0.1) is 5.92 Å². The first-order valence-electron chi connectivity index (χ1n) is 11.1. The Kier molecular flexibility index (Phi) is 5.48. The van der Waals surface area contributed by atoms with Crippen LogP contribution in [-0.2, 0) is 20.9 Å². The lowest BCUT2D eigenvalue weighted by Gasteiger charge is -2.24. The lowest BCUT2D eigenvalue weighted by atomic mass is 9.93. The summed E-state index contributed by atoms with van der Waals surface area (Å²) in [7, 11) is -0.552. The van der Waals surface area contributed by atoms with Crippen LogP contribution in [0.4, 0.5) is 0 Å². The second-order valence-electron chi connectivity index (χ2n) is 9.63. The summed E-state index contributed by atoms with van der Waals surface area (Å²) in [5.74, 6) is 2.35. The number of hydrogen-bond donors (Lipinski definition) is 0. The third-order valence-corrected chi connectivity index (χ3v) is 7.97. The van der Waals surface area contributed by atoms with Crippen molar-refractivity contribution in [3.05, 3.63) is 24.3 Å². The minimum absolute atomic E-state index is 0.248. The van der Waals surface area contributed by atoms with Crippen LogP contribution in [-0.4, -0.2) is 74.3 Å². The SMILES string of the molecule is CCC1CC2(CC1c1nnc3cnc4c(ccn4COCCS(C)(C)C)n13)OCCO2. The second-order valence-corrected chi connectivity index (χ2v) is 14.2. The maximum Gasteiger partial charge on any atom is 0.179 e. The van der Waals surface area contributed by atoms with Crippen LogP contribution in [0.15, 0.2) is 18.5 Å². The van der Waals surface area contributed by atoms with Crippen molar-refractivity contribution in [1.82, 2.24) is 24.1 Å². The molecular formula is C22H33N5O3S. The van der Waals surface area contributed by atoms with Crippen molar-refractivity contribution in [2.24, 2.45) is 5.92 Å². The molecule has 1 aliphatic heterocycles. The Hall–Kier alpha value is -1.68. The molecule has 0 bridgehead atoms. The normalized spacial score (nSPS) is 24.1. The van der Waals surface area contributed by atoms with Gasteiger partial charge in [-0.05, 0) is 30.8 Å². The fraction of sp³-hybridized carbons (Fsp3) is 0.682. The summed E-state index contributed by atoms with van der Waals surface area (Å²) >= 11 is 0. The maximum atomic E-state index is 6.03. The van der Waals surface area contributed by atoms with E-state index in [-0.39, 0.29) is 5.92 Å². The molecule has 0 amide bonds. The summed E-state index contributed by atoms with van der Waals surface area (Å²) in [5, 5.41) is 9.06. The summed E-state index contributed by atoms with van der Waals surface area (Å²) in [6.45, 7) is 4.86. The van der Waals surface area contributed by atoms with E-state index in [0.29, 0.717) is 25.9 Å². The minimum atomic E-state index is -0.552. The second kappa shape index (κ2) is 8.03. The monoisotopic (exact) mass is 447 g/mol. The van der Waals surface area contributed by atoms with Gasteiger partial charge in [0.05, 0.1) is 31.5 Å². The number of rotatable bonds is 7. The molecular weight excluding hydrogens is 414 g/mol. The van der Waals surface area contributed by atoms with Gasteiger partial charge in [-0.15, -0.1) is 10.2 Å².